The van der Waals surface area contributed by atoms with Crippen LogP contribution in [-0.2, 0) is 33.9 Å². The number of hydrogen-bond acceptors (Lipinski definition) is 12. The molecule has 1 aromatic heterocycles. The Morgan fingerprint density at radius 2 is 1.78 bits per heavy atom. The molecule has 7 rings (SSSR count). The number of anilines is 1. The Bertz CT molecular complexity index is 2390. The molecule has 16 nitrogen and oxygen atoms in total. The second-order valence-electron chi connectivity index (χ2n) is 17.5. The highest BCUT2D eigenvalue weighted by atomic mass is 32.2. The van der Waals surface area contributed by atoms with Crippen LogP contribution in [0.25, 0.3) is 22.0 Å². The molecule has 3 aromatic rings. The molecule has 2 aliphatic heterocycles. The summed E-state index contributed by atoms with van der Waals surface area (Å²) in [5.74, 6) is -3.19. The van der Waals surface area contributed by atoms with E-state index >= 15 is 0 Å². The number of fused-ring (bicyclic) bond motifs is 3. The average Bonchev–Trinajstić information content (AvgIpc) is 4.12. The fourth-order valence-electron chi connectivity index (χ4n) is 7.65. The Hall–Kier alpha value is -5.63. The normalized spacial score (nSPS) is 24.5. The zero-order valence-corrected chi connectivity index (χ0v) is 36.3. The van der Waals surface area contributed by atoms with Crippen LogP contribution < -0.4 is 29.7 Å². The summed E-state index contributed by atoms with van der Waals surface area (Å²) in [6.07, 6.45) is -1.24. The highest BCUT2D eigenvalue weighted by molar-refractivity contribution is 7.91. The van der Waals surface area contributed by atoms with Gasteiger partial charge < -0.3 is 39.4 Å². The second kappa shape index (κ2) is 17.5. The smallest absolute Gasteiger partial charge is 0.472 e. The number of carbonyl (C=O) groups is 4. The molecule has 5 atom stereocenters. The highest BCUT2D eigenvalue weighted by Gasteiger charge is 2.62. The van der Waals surface area contributed by atoms with Crippen molar-refractivity contribution in [1.82, 2.24) is 25.2 Å². The maximum atomic E-state index is 14.6. The number of carbonyl (C=O) groups excluding carboxylic acids is 4. The summed E-state index contributed by atoms with van der Waals surface area (Å²) in [6, 6.07) is 9.84. The van der Waals surface area contributed by atoms with Gasteiger partial charge in [0.1, 0.15) is 35.1 Å². The van der Waals surface area contributed by atoms with Crippen molar-refractivity contribution in [3.8, 4) is 22.9 Å². The number of ether oxygens (including phenoxy) is 4. The molecular formula is C43H51F3N6O10S. The first-order valence-corrected chi connectivity index (χ1v) is 22.2. The molecule has 3 fully saturated rings. The Balaban J connectivity index is 1.24. The van der Waals surface area contributed by atoms with Crippen molar-refractivity contribution < 1.29 is 59.7 Å². The molecule has 4 amide bonds. The van der Waals surface area contributed by atoms with Crippen molar-refractivity contribution in [3.63, 3.8) is 0 Å². The van der Waals surface area contributed by atoms with Crippen molar-refractivity contribution in [3.05, 3.63) is 60.7 Å². The van der Waals surface area contributed by atoms with Crippen molar-refractivity contribution in [2.24, 2.45) is 5.92 Å². The van der Waals surface area contributed by atoms with Gasteiger partial charge in [-0.25, -0.2) is 18.2 Å². The molecular weight excluding hydrogens is 850 g/mol. The predicted octanol–water partition coefficient (Wildman–Crippen LogP) is 4.96. The van der Waals surface area contributed by atoms with Crippen LogP contribution >= 0.6 is 0 Å². The van der Waals surface area contributed by atoms with Gasteiger partial charge in [-0.15, -0.1) is 13.2 Å². The third-order valence-corrected chi connectivity index (χ3v) is 12.9. The van der Waals surface area contributed by atoms with Crippen molar-refractivity contribution >= 4 is 50.3 Å². The van der Waals surface area contributed by atoms with Crippen LogP contribution in [0.5, 0.6) is 11.6 Å². The van der Waals surface area contributed by atoms with E-state index in [1.807, 2.05) is 37.2 Å². The maximum Gasteiger partial charge on any atom is 0.573 e. The molecule has 1 saturated heterocycles. The zero-order chi connectivity index (χ0) is 45.5. The quantitative estimate of drug-likeness (QED) is 0.245. The fourth-order valence-corrected chi connectivity index (χ4v) is 9.01. The Morgan fingerprint density at radius 3 is 2.44 bits per heavy atom. The summed E-state index contributed by atoms with van der Waals surface area (Å²) < 4.78 is 88.8. The lowest BCUT2D eigenvalue weighted by atomic mass is 10.1. The molecule has 63 heavy (non-hydrogen) atoms. The van der Waals surface area contributed by atoms with Gasteiger partial charge in [0.25, 0.3) is 5.91 Å². The number of sulfonamides is 1. The Kier molecular flexibility index (Phi) is 12.6. The van der Waals surface area contributed by atoms with Gasteiger partial charge in [-0.2, -0.15) is 0 Å². The van der Waals surface area contributed by atoms with Gasteiger partial charge in [0, 0.05) is 49.7 Å². The van der Waals surface area contributed by atoms with E-state index in [1.54, 1.807) is 39.0 Å². The molecule has 0 bridgehead atoms. The number of halogens is 3. The first-order valence-electron chi connectivity index (χ1n) is 20.7. The second-order valence-corrected chi connectivity index (χ2v) is 19.4. The molecule has 2 saturated carbocycles. The van der Waals surface area contributed by atoms with Gasteiger partial charge in [-0.3, -0.25) is 19.1 Å². The number of pyridine rings is 1. The third kappa shape index (κ3) is 10.9. The Morgan fingerprint density at radius 1 is 1.05 bits per heavy atom. The lowest BCUT2D eigenvalue weighted by Crippen LogP contribution is -2.59. The number of nitrogens with one attached hydrogen (secondary N) is 3. The van der Waals surface area contributed by atoms with E-state index in [0.29, 0.717) is 47.7 Å². The van der Waals surface area contributed by atoms with Gasteiger partial charge >= 0.3 is 12.5 Å². The maximum absolute atomic E-state index is 14.6. The van der Waals surface area contributed by atoms with Crippen molar-refractivity contribution in [2.45, 2.75) is 100 Å². The zero-order valence-electron chi connectivity index (χ0n) is 35.5. The first kappa shape index (κ1) is 45.4. The van der Waals surface area contributed by atoms with Crippen molar-refractivity contribution in [1.29, 1.82) is 0 Å². The molecule has 1 unspecified atom stereocenters. The molecule has 3 heterocycles. The van der Waals surface area contributed by atoms with E-state index in [9.17, 15) is 40.8 Å². The summed E-state index contributed by atoms with van der Waals surface area (Å²) >= 11 is 0. The molecule has 4 aliphatic rings. The predicted molar refractivity (Wildman–Crippen MR) is 224 cm³/mol. The summed E-state index contributed by atoms with van der Waals surface area (Å²) in [5, 5.41) is 5.94. The van der Waals surface area contributed by atoms with E-state index < -0.39 is 86.4 Å². The topological polar surface area (TPSA) is 195 Å². The van der Waals surface area contributed by atoms with Crippen LogP contribution in [0.15, 0.2) is 60.7 Å². The molecule has 2 aromatic carbocycles. The number of allylic oxidation sites excluding steroid dienone is 1. The fraction of sp³-hybridized carbons (Fsp3) is 0.512. The van der Waals surface area contributed by atoms with E-state index in [0.717, 1.165) is 17.8 Å². The number of amides is 4. The summed E-state index contributed by atoms with van der Waals surface area (Å²) in [4.78, 5) is 64.0. The average molecular weight is 901 g/mol. The molecule has 340 valence electrons. The van der Waals surface area contributed by atoms with Crippen LogP contribution in [-0.4, -0.2) is 117 Å². The summed E-state index contributed by atoms with van der Waals surface area (Å²) in [6.45, 7) is 4.73. The Labute approximate surface area is 362 Å². The van der Waals surface area contributed by atoms with E-state index in [1.165, 1.54) is 17.0 Å². The number of hydrogen-bond donors (Lipinski definition) is 3. The number of aromatic nitrogens is 1. The summed E-state index contributed by atoms with van der Waals surface area (Å²) in [5.41, 5.74) is -0.916. The van der Waals surface area contributed by atoms with Crippen LogP contribution in [0.2, 0.25) is 0 Å². The van der Waals surface area contributed by atoms with E-state index in [4.69, 9.17) is 19.2 Å². The molecule has 2 aliphatic carbocycles. The number of benzene rings is 2. The van der Waals surface area contributed by atoms with Gasteiger partial charge in [0.15, 0.2) is 0 Å². The number of alkyl halides is 3. The van der Waals surface area contributed by atoms with Crippen LogP contribution in [0, 0.1) is 5.92 Å². The van der Waals surface area contributed by atoms with Gasteiger partial charge in [-0.05, 0) is 107 Å². The monoisotopic (exact) mass is 900 g/mol. The minimum atomic E-state index is -4.88. The lowest BCUT2D eigenvalue weighted by Gasteiger charge is -2.30. The largest absolute Gasteiger partial charge is 0.573 e. The molecule has 3 N–H and O–H groups in total. The first-order chi connectivity index (χ1) is 29.6. The number of nitrogens with zero attached hydrogens (tertiary/aromatic N) is 3. The molecule has 0 spiro atoms. The van der Waals surface area contributed by atoms with Gasteiger partial charge in [0.05, 0.1) is 24.1 Å². The van der Waals surface area contributed by atoms with Gasteiger partial charge in [-0.1, -0.05) is 12.2 Å². The lowest BCUT2D eigenvalue weighted by molar-refractivity contribution is -0.274. The minimum absolute atomic E-state index is 0.101. The third-order valence-electron chi connectivity index (χ3n) is 11.1. The van der Waals surface area contributed by atoms with Gasteiger partial charge in [0.2, 0.25) is 27.7 Å². The summed E-state index contributed by atoms with van der Waals surface area (Å²) in [7, 11) is -0.263. The van der Waals surface area contributed by atoms with Crippen LogP contribution in [0.3, 0.4) is 0 Å². The SMILES string of the molecule is CN(C)c1ccc2c(OC3C[C@H]4C(=O)N[C@]5(C(=O)NS(=O)(=O)C6CC6)C[C@H]5C=CCCCOC[C@H](NC(=O)OC(C)(C)C)C(=O)N4C3)nc(-c3ccc(OC(F)(F)F)cc3)cc2c1. The minimum Gasteiger partial charge on any atom is -0.472 e. The number of rotatable bonds is 9. The number of alkyl carbamates (subject to hydrolysis) is 1. The van der Waals surface area contributed by atoms with Crippen molar-refractivity contribution in [2.75, 3.05) is 38.8 Å². The van der Waals surface area contributed by atoms with Crippen LogP contribution in [0.4, 0.5) is 23.7 Å². The highest BCUT2D eigenvalue weighted by Crippen LogP contribution is 2.46. The van der Waals surface area contributed by atoms with Crippen LogP contribution in [0.1, 0.15) is 59.3 Å². The standard InChI is InChI=1S/C43H51F3N6O10S/c1-41(2,3)62-40(56)48-34-24-59-18-8-6-7-9-27-22-42(27,39(55)50-63(57,58)31-15-16-31)49-36(53)35-21-30(23-52(35)38(34)54)60-37-32-17-12-28(51(4)5)19-26(32)20-33(47-37)25-10-13-29(14-11-25)61-43(44,45)46/h7,9-14,17,19-20,27,30-31,34-35H,6,8,15-16,18,21-24H2,1-5H3,(H,48,56)(H,49,53)(H,50,55)/t27-,30?,34+,35+,42-/m1/s1. The molecule has 20 heteroatoms. The molecule has 0 radical (unpaired) electrons. The van der Waals surface area contributed by atoms with E-state index in [-0.39, 0.29) is 38.5 Å². The van der Waals surface area contributed by atoms with E-state index in [2.05, 4.69) is 20.1 Å².